The van der Waals surface area contributed by atoms with Crippen LogP contribution >= 0.6 is 0 Å². The van der Waals surface area contributed by atoms with Gasteiger partial charge in [0.15, 0.2) is 0 Å². The van der Waals surface area contributed by atoms with E-state index in [2.05, 4.69) is 21.9 Å². The van der Waals surface area contributed by atoms with Crippen LogP contribution in [0.5, 0.6) is 0 Å². The van der Waals surface area contributed by atoms with Gasteiger partial charge in [-0.05, 0) is 24.1 Å². The second-order valence-corrected chi connectivity index (χ2v) is 3.82. The molecular weight excluding hydrogens is 216 g/mol. The van der Waals surface area contributed by atoms with Crippen molar-refractivity contribution in [1.82, 2.24) is 0 Å². The topological polar surface area (TPSA) is 51.0 Å². The van der Waals surface area contributed by atoms with Gasteiger partial charge in [-0.1, -0.05) is 19.1 Å². The summed E-state index contributed by atoms with van der Waals surface area (Å²) in [6.45, 7) is 2.06. The lowest BCUT2D eigenvalue weighted by atomic mass is 10.0. The molecule has 2 rings (SSSR count). The maximum Gasteiger partial charge on any atom is 0.337 e. The Morgan fingerprint density at radius 1 is 1.41 bits per heavy atom. The molecule has 0 aromatic heterocycles. The number of hydrogen-bond donors (Lipinski definition) is 0. The lowest BCUT2D eigenvalue weighted by Crippen LogP contribution is -2.06. The van der Waals surface area contributed by atoms with Crippen LogP contribution in [0.1, 0.15) is 35.7 Å². The van der Waals surface area contributed by atoms with Crippen LogP contribution < -0.4 is 0 Å². The highest BCUT2D eigenvalue weighted by molar-refractivity contribution is 6.15. The van der Waals surface area contributed by atoms with Gasteiger partial charge >= 0.3 is 5.97 Å². The molecule has 0 amide bonds. The zero-order valence-electron chi connectivity index (χ0n) is 9.93. The van der Waals surface area contributed by atoms with Gasteiger partial charge in [-0.3, -0.25) is 0 Å². The van der Waals surface area contributed by atoms with E-state index >= 15 is 0 Å². The smallest absolute Gasteiger partial charge is 0.337 e. The number of rotatable bonds is 3. The molecule has 0 atom stereocenters. The highest BCUT2D eigenvalue weighted by Crippen LogP contribution is 2.15. The molecule has 4 heteroatoms. The summed E-state index contributed by atoms with van der Waals surface area (Å²) in [5.41, 5.74) is 3.45. The van der Waals surface area contributed by atoms with Gasteiger partial charge in [0.25, 0.3) is 0 Å². The van der Waals surface area contributed by atoms with Gasteiger partial charge in [-0.15, -0.1) is 0 Å². The number of carbonyl (C=O) groups is 1. The second-order valence-electron chi connectivity index (χ2n) is 3.82. The van der Waals surface area contributed by atoms with E-state index in [1.54, 1.807) is 12.1 Å². The Balaban J connectivity index is 2.21. The van der Waals surface area contributed by atoms with E-state index in [9.17, 15) is 4.79 Å². The van der Waals surface area contributed by atoms with Crippen molar-refractivity contribution in [1.29, 1.82) is 0 Å². The molecule has 1 aliphatic heterocycles. The summed E-state index contributed by atoms with van der Waals surface area (Å²) in [6.07, 6.45) is 1.67. The monoisotopic (exact) mass is 230 g/mol. The fourth-order valence-electron chi connectivity index (χ4n) is 1.69. The molecule has 1 aromatic rings. The van der Waals surface area contributed by atoms with Crippen LogP contribution in [-0.2, 0) is 4.74 Å². The average molecular weight is 230 g/mol. The molecule has 0 saturated carbocycles. The standard InChI is InChI=1S/C13H14N2O2/c1-3-11-8-12(15-14-11)9-5-4-6-10(7-9)13(16)17-2/h4-7H,3,8H2,1-2H3. The summed E-state index contributed by atoms with van der Waals surface area (Å²) in [7, 11) is 1.38. The van der Waals surface area contributed by atoms with Crippen LogP contribution in [0.3, 0.4) is 0 Å². The van der Waals surface area contributed by atoms with Gasteiger partial charge in [0.05, 0.1) is 18.4 Å². The van der Waals surface area contributed by atoms with Gasteiger partial charge in [0, 0.05) is 12.1 Å². The molecule has 0 bridgehead atoms. The van der Waals surface area contributed by atoms with E-state index in [1.807, 2.05) is 12.1 Å². The molecular formula is C13H14N2O2. The van der Waals surface area contributed by atoms with E-state index < -0.39 is 0 Å². The van der Waals surface area contributed by atoms with Crippen molar-refractivity contribution in [2.75, 3.05) is 7.11 Å². The quantitative estimate of drug-likeness (QED) is 0.749. The third kappa shape index (κ3) is 2.41. The molecule has 1 heterocycles. The SMILES string of the molecule is CCC1=NN=C(c2cccc(C(=O)OC)c2)C1. The number of carbonyl (C=O) groups excluding carboxylic acids is 1. The maximum absolute atomic E-state index is 11.4. The molecule has 0 fully saturated rings. The number of methoxy groups -OCH3 is 1. The van der Waals surface area contributed by atoms with E-state index in [4.69, 9.17) is 0 Å². The second kappa shape index (κ2) is 4.91. The Kier molecular flexibility index (Phi) is 3.32. The number of benzene rings is 1. The molecule has 0 N–H and O–H groups in total. The minimum Gasteiger partial charge on any atom is -0.465 e. The normalized spacial score (nSPS) is 14.2. The Morgan fingerprint density at radius 3 is 2.88 bits per heavy atom. The minimum absolute atomic E-state index is 0.331. The lowest BCUT2D eigenvalue weighted by molar-refractivity contribution is 0.0600. The Morgan fingerprint density at radius 2 is 2.24 bits per heavy atom. The Labute approximate surface area is 100 Å². The van der Waals surface area contributed by atoms with Gasteiger partial charge < -0.3 is 4.74 Å². The van der Waals surface area contributed by atoms with Crippen molar-refractivity contribution in [2.24, 2.45) is 10.2 Å². The van der Waals surface area contributed by atoms with Crippen molar-refractivity contribution in [3.8, 4) is 0 Å². The van der Waals surface area contributed by atoms with Crippen molar-refractivity contribution in [2.45, 2.75) is 19.8 Å². The summed E-state index contributed by atoms with van der Waals surface area (Å²) in [6, 6.07) is 7.28. The van der Waals surface area contributed by atoms with Crippen molar-refractivity contribution in [3.05, 3.63) is 35.4 Å². The predicted molar refractivity (Wildman–Crippen MR) is 66.7 cm³/mol. The molecule has 1 aliphatic rings. The molecule has 4 nitrogen and oxygen atoms in total. The van der Waals surface area contributed by atoms with Gasteiger partial charge in [0.1, 0.15) is 0 Å². The summed E-state index contributed by atoms with van der Waals surface area (Å²) in [4.78, 5) is 11.4. The van der Waals surface area contributed by atoms with Crippen LogP contribution in [0.2, 0.25) is 0 Å². The highest BCUT2D eigenvalue weighted by Gasteiger charge is 2.14. The summed E-state index contributed by atoms with van der Waals surface area (Å²) >= 11 is 0. The highest BCUT2D eigenvalue weighted by atomic mass is 16.5. The van der Waals surface area contributed by atoms with E-state index in [1.165, 1.54) is 7.11 Å². The minimum atomic E-state index is -0.331. The van der Waals surface area contributed by atoms with Gasteiger partial charge in [0.2, 0.25) is 0 Å². The zero-order chi connectivity index (χ0) is 12.3. The van der Waals surface area contributed by atoms with Gasteiger partial charge in [-0.2, -0.15) is 10.2 Å². The van der Waals surface area contributed by atoms with Crippen LogP contribution in [0.15, 0.2) is 34.5 Å². The molecule has 0 spiro atoms. The molecule has 0 aliphatic carbocycles. The molecule has 0 unspecified atom stereocenters. The van der Waals surface area contributed by atoms with Crippen molar-refractivity contribution in [3.63, 3.8) is 0 Å². The Hall–Kier alpha value is -1.97. The number of nitrogens with zero attached hydrogens (tertiary/aromatic N) is 2. The summed E-state index contributed by atoms with van der Waals surface area (Å²) in [5, 5.41) is 8.23. The molecule has 17 heavy (non-hydrogen) atoms. The summed E-state index contributed by atoms with van der Waals surface area (Å²) in [5.74, 6) is -0.331. The third-order valence-corrected chi connectivity index (χ3v) is 2.71. The maximum atomic E-state index is 11.4. The number of esters is 1. The first-order chi connectivity index (χ1) is 8.24. The number of ether oxygens (including phenoxy) is 1. The summed E-state index contributed by atoms with van der Waals surface area (Å²) < 4.78 is 4.69. The average Bonchev–Trinajstić information content (AvgIpc) is 2.86. The fourth-order valence-corrected chi connectivity index (χ4v) is 1.69. The van der Waals surface area contributed by atoms with E-state index in [-0.39, 0.29) is 5.97 Å². The van der Waals surface area contributed by atoms with E-state index in [0.717, 1.165) is 29.8 Å². The lowest BCUT2D eigenvalue weighted by Gasteiger charge is -2.03. The van der Waals surface area contributed by atoms with Crippen LogP contribution in [0.25, 0.3) is 0 Å². The van der Waals surface area contributed by atoms with Crippen LogP contribution in [0.4, 0.5) is 0 Å². The zero-order valence-corrected chi connectivity index (χ0v) is 9.93. The molecule has 88 valence electrons. The largest absolute Gasteiger partial charge is 0.465 e. The van der Waals surface area contributed by atoms with E-state index in [0.29, 0.717) is 5.56 Å². The van der Waals surface area contributed by atoms with Crippen molar-refractivity contribution < 1.29 is 9.53 Å². The van der Waals surface area contributed by atoms with Crippen molar-refractivity contribution >= 4 is 17.4 Å². The molecule has 0 saturated heterocycles. The first-order valence-corrected chi connectivity index (χ1v) is 5.55. The first-order valence-electron chi connectivity index (χ1n) is 5.55. The predicted octanol–water partition coefficient (Wildman–Crippen LogP) is 2.43. The molecule has 1 aromatic carbocycles. The van der Waals surface area contributed by atoms with Gasteiger partial charge in [-0.25, -0.2) is 4.79 Å². The van der Waals surface area contributed by atoms with Crippen LogP contribution in [-0.4, -0.2) is 24.5 Å². The van der Waals surface area contributed by atoms with Crippen LogP contribution in [0, 0.1) is 0 Å². The fraction of sp³-hybridized carbons (Fsp3) is 0.308. The number of hydrogen-bond acceptors (Lipinski definition) is 4. The molecule has 0 radical (unpaired) electrons. The third-order valence-electron chi connectivity index (χ3n) is 2.71. The Bertz CT molecular complexity index is 504. The first kappa shape index (κ1) is 11.5.